The summed E-state index contributed by atoms with van der Waals surface area (Å²) in [5, 5.41) is 28.7. The first-order valence-corrected chi connectivity index (χ1v) is 16.9. The molecule has 3 aromatic rings. The van der Waals surface area contributed by atoms with Crippen LogP contribution in [0.15, 0.2) is 84.0 Å². The molecule has 0 bridgehead atoms. The van der Waals surface area contributed by atoms with E-state index in [-0.39, 0.29) is 43.3 Å². The van der Waals surface area contributed by atoms with Crippen molar-refractivity contribution in [2.45, 2.75) is 61.8 Å². The van der Waals surface area contributed by atoms with Crippen LogP contribution < -0.4 is 16.0 Å². The molecule has 0 fully saturated rings. The monoisotopic (exact) mass is 667 g/mol. The summed E-state index contributed by atoms with van der Waals surface area (Å²) >= 11 is 0. The SMILES string of the molecule is CC(C)CC(NC(=O)C(CCCNC(=O)c1cccnc1)SSc1ccccc1[N+](=O)[O-])C(=O)N[C@@H](Cc1ccccc1)C(=O)O. The number of amides is 3. The molecule has 14 heteroatoms. The summed E-state index contributed by atoms with van der Waals surface area (Å²) in [7, 11) is 2.19. The summed E-state index contributed by atoms with van der Waals surface area (Å²) in [5.41, 5.74) is 1.03. The van der Waals surface area contributed by atoms with Crippen molar-refractivity contribution in [1.29, 1.82) is 0 Å². The number of para-hydroxylation sites is 1. The fourth-order valence-corrected chi connectivity index (χ4v) is 7.02. The smallest absolute Gasteiger partial charge is 0.326 e. The number of carbonyl (C=O) groups excluding carboxylic acids is 3. The van der Waals surface area contributed by atoms with E-state index in [4.69, 9.17) is 0 Å². The summed E-state index contributed by atoms with van der Waals surface area (Å²) in [6.45, 7) is 4.02. The molecule has 244 valence electrons. The van der Waals surface area contributed by atoms with Crippen molar-refractivity contribution in [3.8, 4) is 0 Å². The fourth-order valence-electron chi connectivity index (χ4n) is 4.39. The van der Waals surface area contributed by atoms with Gasteiger partial charge in [0.1, 0.15) is 12.1 Å². The van der Waals surface area contributed by atoms with E-state index in [0.717, 1.165) is 27.2 Å². The molecule has 12 nitrogen and oxygen atoms in total. The van der Waals surface area contributed by atoms with E-state index in [1.807, 2.05) is 19.9 Å². The highest BCUT2D eigenvalue weighted by Gasteiger charge is 2.30. The molecule has 1 aromatic heterocycles. The molecule has 0 spiro atoms. The summed E-state index contributed by atoms with van der Waals surface area (Å²) in [6, 6.07) is 16.1. The first kappa shape index (κ1) is 36.0. The lowest BCUT2D eigenvalue weighted by Gasteiger charge is -2.25. The average Bonchev–Trinajstić information content (AvgIpc) is 3.04. The highest BCUT2D eigenvalue weighted by Crippen LogP contribution is 2.40. The maximum Gasteiger partial charge on any atom is 0.326 e. The van der Waals surface area contributed by atoms with Gasteiger partial charge >= 0.3 is 5.97 Å². The number of nitro groups is 1. The van der Waals surface area contributed by atoms with Gasteiger partial charge in [0.15, 0.2) is 0 Å². The maximum absolute atomic E-state index is 13.7. The summed E-state index contributed by atoms with van der Waals surface area (Å²) in [6.07, 6.45) is 4.00. The summed E-state index contributed by atoms with van der Waals surface area (Å²) in [5.74, 6) is -2.62. The number of carbonyl (C=O) groups is 4. The van der Waals surface area contributed by atoms with Gasteiger partial charge in [-0.3, -0.25) is 29.5 Å². The van der Waals surface area contributed by atoms with E-state index in [0.29, 0.717) is 16.9 Å². The Morgan fingerprint density at radius 2 is 1.63 bits per heavy atom. The third-order valence-electron chi connectivity index (χ3n) is 6.70. The van der Waals surface area contributed by atoms with Gasteiger partial charge in [-0.1, -0.05) is 67.1 Å². The summed E-state index contributed by atoms with van der Waals surface area (Å²) in [4.78, 5) is 66.8. The van der Waals surface area contributed by atoms with Crippen LogP contribution in [0.1, 0.15) is 49.0 Å². The van der Waals surface area contributed by atoms with Crippen LogP contribution >= 0.6 is 21.6 Å². The number of benzene rings is 2. The van der Waals surface area contributed by atoms with Crippen LogP contribution in [0.2, 0.25) is 0 Å². The molecule has 0 radical (unpaired) electrons. The molecule has 3 atom stereocenters. The molecule has 0 aliphatic carbocycles. The zero-order valence-corrected chi connectivity index (χ0v) is 27.1. The van der Waals surface area contributed by atoms with E-state index in [1.54, 1.807) is 60.8 Å². The molecule has 3 amide bonds. The minimum absolute atomic E-state index is 0.0106. The van der Waals surface area contributed by atoms with E-state index in [2.05, 4.69) is 20.9 Å². The van der Waals surface area contributed by atoms with Crippen molar-refractivity contribution in [3.63, 3.8) is 0 Å². The van der Waals surface area contributed by atoms with Gasteiger partial charge < -0.3 is 21.1 Å². The van der Waals surface area contributed by atoms with Crippen LogP contribution in [0.4, 0.5) is 5.69 Å². The Morgan fingerprint density at radius 1 is 0.935 bits per heavy atom. The standard InChI is InChI=1S/C32H37N5O7S2/c1-21(2)18-24(30(39)36-25(32(41)42)19-22-10-4-3-5-11-22)35-31(40)28(46-45-27-14-7-6-13-26(27)37(43)44)15-9-17-34-29(38)23-12-8-16-33-20-23/h3-8,10-14,16,20-21,24-25,28H,9,15,17-19H2,1-2H3,(H,34,38)(H,35,40)(H,36,39)(H,41,42)/t24?,25-,28?/m0/s1. The third-order valence-corrected chi connectivity index (χ3v) is 9.53. The van der Waals surface area contributed by atoms with Crippen LogP contribution in [0.5, 0.6) is 0 Å². The number of carboxylic acids is 1. The Labute approximate surface area is 275 Å². The second kappa shape index (κ2) is 18.5. The Hall–Kier alpha value is -4.43. The lowest BCUT2D eigenvalue weighted by molar-refractivity contribution is -0.387. The second-order valence-electron chi connectivity index (χ2n) is 10.8. The first-order valence-electron chi connectivity index (χ1n) is 14.7. The number of nitro benzene ring substituents is 1. The highest BCUT2D eigenvalue weighted by molar-refractivity contribution is 8.77. The molecule has 2 unspecified atom stereocenters. The van der Waals surface area contributed by atoms with Crippen LogP contribution in [0.3, 0.4) is 0 Å². The predicted molar refractivity (Wildman–Crippen MR) is 177 cm³/mol. The van der Waals surface area contributed by atoms with Gasteiger partial charge in [0.2, 0.25) is 11.8 Å². The molecule has 0 aliphatic heterocycles. The van der Waals surface area contributed by atoms with Gasteiger partial charge in [0.05, 0.1) is 20.6 Å². The Bertz CT molecular complexity index is 1480. The van der Waals surface area contributed by atoms with Gasteiger partial charge in [-0.05, 0) is 59.7 Å². The van der Waals surface area contributed by atoms with Crippen molar-refractivity contribution in [2.75, 3.05) is 6.54 Å². The van der Waals surface area contributed by atoms with Gasteiger partial charge in [-0.25, -0.2) is 4.79 Å². The van der Waals surface area contributed by atoms with Crippen LogP contribution in [-0.2, 0) is 20.8 Å². The quantitative estimate of drug-likeness (QED) is 0.0645. The number of aromatic nitrogens is 1. The maximum atomic E-state index is 13.7. The fraction of sp³-hybridized carbons (Fsp3) is 0.344. The molecular formula is C32H37N5O7S2. The lowest BCUT2D eigenvalue weighted by Crippen LogP contribution is -2.53. The summed E-state index contributed by atoms with van der Waals surface area (Å²) < 4.78 is 0. The van der Waals surface area contributed by atoms with E-state index in [1.165, 1.54) is 12.3 Å². The normalized spacial score (nSPS) is 12.8. The molecule has 3 rings (SSSR count). The number of hydrogen-bond donors (Lipinski definition) is 4. The zero-order valence-electron chi connectivity index (χ0n) is 25.5. The number of pyridine rings is 1. The molecular weight excluding hydrogens is 631 g/mol. The van der Waals surface area contributed by atoms with Crippen LogP contribution in [-0.4, -0.2) is 62.6 Å². The van der Waals surface area contributed by atoms with Crippen molar-refractivity contribution in [3.05, 3.63) is 100 Å². The number of nitrogens with zero attached hydrogens (tertiary/aromatic N) is 2. The second-order valence-corrected chi connectivity index (χ2v) is 13.3. The van der Waals surface area contributed by atoms with Crippen molar-refractivity contribution >= 4 is 51.0 Å². The topological polar surface area (TPSA) is 181 Å². The van der Waals surface area contributed by atoms with Crippen LogP contribution in [0, 0.1) is 16.0 Å². The number of aliphatic carboxylic acids is 1. The lowest BCUT2D eigenvalue weighted by atomic mass is 10.0. The van der Waals surface area contributed by atoms with Crippen molar-refractivity contribution < 1.29 is 29.2 Å². The molecule has 2 aromatic carbocycles. The van der Waals surface area contributed by atoms with Crippen molar-refractivity contribution in [2.24, 2.45) is 5.92 Å². The predicted octanol–water partition coefficient (Wildman–Crippen LogP) is 4.65. The molecule has 0 aliphatic rings. The zero-order chi connectivity index (χ0) is 33.5. The minimum atomic E-state index is -1.20. The van der Waals surface area contributed by atoms with Crippen molar-refractivity contribution in [1.82, 2.24) is 20.9 Å². The number of hydrogen-bond acceptors (Lipinski definition) is 9. The first-order chi connectivity index (χ1) is 22.0. The number of carboxylic acid groups (broad SMARTS) is 1. The van der Waals surface area contributed by atoms with Crippen LogP contribution in [0.25, 0.3) is 0 Å². The minimum Gasteiger partial charge on any atom is -0.480 e. The molecule has 46 heavy (non-hydrogen) atoms. The van der Waals surface area contributed by atoms with E-state index in [9.17, 15) is 34.4 Å². The van der Waals surface area contributed by atoms with Gasteiger partial charge in [0, 0.05) is 31.4 Å². The highest BCUT2D eigenvalue weighted by atomic mass is 33.1. The Kier molecular flexibility index (Phi) is 14.5. The van der Waals surface area contributed by atoms with Gasteiger partial charge in [-0.2, -0.15) is 0 Å². The number of rotatable bonds is 18. The largest absolute Gasteiger partial charge is 0.480 e. The van der Waals surface area contributed by atoms with Gasteiger partial charge in [-0.15, -0.1) is 0 Å². The van der Waals surface area contributed by atoms with Gasteiger partial charge in [0.25, 0.3) is 11.6 Å². The van der Waals surface area contributed by atoms with E-state index < -0.39 is 40.0 Å². The molecule has 4 N–H and O–H groups in total. The number of nitrogens with one attached hydrogen (secondary N) is 3. The van der Waals surface area contributed by atoms with E-state index >= 15 is 0 Å². The molecule has 1 heterocycles. The Morgan fingerprint density at radius 3 is 2.28 bits per heavy atom. The third kappa shape index (κ3) is 11.8. The Balaban J connectivity index is 1.72. The molecule has 0 saturated carbocycles. The average molecular weight is 668 g/mol. The molecule has 0 saturated heterocycles.